The summed E-state index contributed by atoms with van der Waals surface area (Å²) in [7, 11) is 1.13. The van der Waals surface area contributed by atoms with Crippen molar-refractivity contribution >= 4 is 16.5 Å². The van der Waals surface area contributed by atoms with E-state index in [4.69, 9.17) is 0 Å². The minimum absolute atomic E-state index is 0.0719. The first kappa shape index (κ1) is 11.1. The standard InChI is InChI=1S/C5H6F3N3O2.Al.2H/c1-10-3(12)9-4(13)11(10)2-5(6,7)8;;;/h2H2,1H3,(H,9,12,13);;;/q;+1;;/p-1. The highest BCUT2D eigenvalue weighted by Crippen LogP contribution is 2.15. The molecule has 78 valence electrons. The zero-order valence-corrected chi connectivity index (χ0v) is 9.50. The molecule has 1 aromatic rings. The summed E-state index contributed by atoms with van der Waals surface area (Å²) in [5.41, 5.74) is -1.63. The van der Waals surface area contributed by atoms with Crippen LogP contribution in [0.1, 0.15) is 0 Å². The molecular weight excluding hydrogens is 218 g/mol. The van der Waals surface area contributed by atoms with E-state index in [0.717, 1.165) is 10.6 Å². The van der Waals surface area contributed by atoms with Crippen LogP contribution < -0.4 is 11.4 Å². The van der Waals surface area contributed by atoms with Crippen LogP contribution in [-0.4, -0.2) is 35.6 Å². The van der Waals surface area contributed by atoms with E-state index in [-0.39, 0.29) is 16.5 Å². The van der Waals surface area contributed by atoms with Gasteiger partial charge in [0.2, 0.25) is 0 Å². The van der Waals surface area contributed by atoms with Gasteiger partial charge < -0.3 is 3.55 Å². The molecule has 5 nitrogen and oxygen atoms in total. The number of halogens is 3. The van der Waals surface area contributed by atoms with Crippen LogP contribution in [0.5, 0.6) is 0 Å². The molecule has 14 heavy (non-hydrogen) atoms. The van der Waals surface area contributed by atoms with E-state index in [1.165, 1.54) is 0 Å². The van der Waals surface area contributed by atoms with Crippen LogP contribution in [-0.2, 0) is 13.6 Å². The summed E-state index contributed by atoms with van der Waals surface area (Å²) in [6.07, 6.45) is -4.50. The van der Waals surface area contributed by atoms with E-state index in [2.05, 4.69) is 0 Å². The number of rotatable bonds is 1. The predicted octanol–water partition coefficient (Wildman–Crippen LogP) is -1.69. The highest BCUT2D eigenvalue weighted by atomic mass is 27.1. The van der Waals surface area contributed by atoms with Gasteiger partial charge in [-0.15, -0.1) is 0 Å². The van der Waals surface area contributed by atoms with Gasteiger partial charge in [0.05, 0.1) is 0 Å². The van der Waals surface area contributed by atoms with Crippen molar-refractivity contribution < 1.29 is 13.2 Å². The molecule has 0 saturated carbocycles. The Labute approximate surface area is 84.0 Å². The molecule has 1 heterocycles. The molecule has 1 rings (SSSR count). The molecule has 0 bridgehead atoms. The van der Waals surface area contributed by atoms with Crippen molar-refractivity contribution in [3.8, 4) is 0 Å². The van der Waals surface area contributed by atoms with Gasteiger partial charge in [0.15, 0.2) is 0 Å². The Balaban J connectivity index is 3.30. The van der Waals surface area contributed by atoms with Crippen LogP contribution in [0.15, 0.2) is 9.59 Å². The molecule has 9 heteroatoms. The van der Waals surface area contributed by atoms with Crippen LogP contribution in [0, 0.1) is 0 Å². The Bertz CT molecular complexity index is 454. The minimum Gasteiger partial charge on any atom is -0.348 e. The number of alkyl halides is 3. The smallest absolute Gasteiger partial charge is 0.348 e. The number of aromatic nitrogens is 3. The number of hydrogen-bond acceptors (Lipinski definition) is 2. The van der Waals surface area contributed by atoms with E-state index >= 15 is 0 Å². The third kappa shape index (κ3) is 1.93. The van der Waals surface area contributed by atoms with Crippen LogP contribution in [0.4, 0.5) is 13.2 Å². The molecule has 0 unspecified atom stereocenters. The molecule has 0 aliphatic carbocycles. The van der Waals surface area contributed by atoms with Gasteiger partial charge in [-0.1, -0.05) is 0 Å². The molecule has 0 spiro atoms. The second-order valence-corrected chi connectivity index (χ2v) is 3.72. The molecule has 0 saturated heterocycles. The van der Waals surface area contributed by atoms with E-state index in [1.54, 1.807) is 0 Å². The summed E-state index contributed by atoms with van der Waals surface area (Å²) < 4.78 is 37.7. The maximum absolute atomic E-state index is 12.0. The molecular formula is C5H7AlF3N3O2. The molecule has 1 aromatic heterocycles. The maximum atomic E-state index is 12.0. The molecule has 0 radical (unpaired) electrons. The largest absolute Gasteiger partial charge is 0.408 e. The van der Waals surface area contributed by atoms with Crippen molar-refractivity contribution in [3.05, 3.63) is 21.0 Å². The molecule has 0 amide bonds. The fourth-order valence-corrected chi connectivity index (χ4v) is 1.57. The van der Waals surface area contributed by atoms with E-state index in [0.29, 0.717) is 9.36 Å². The highest BCUT2D eigenvalue weighted by molar-refractivity contribution is 6.06. The Morgan fingerprint density at radius 1 is 1.29 bits per heavy atom. The van der Waals surface area contributed by atoms with Crippen molar-refractivity contribution in [3.63, 3.8) is 0 Å². The Hall–Kier alpha value is -0.938. The molecule has 0 aliphatic heterocycles. The summed E-state index contributed by atoms with van der Waals surface area (Å²) in [6.45, 7) is -1.44. The van der Waals surface area contributed by atoms with Gasteiger partial charge in [-0.3, -0.25) is 0 Å². The van der Waals surface area contributed by atoms with Gasteiger partial charge in [-0.2, -0.15) is 13.2 Å². The lowest BCUT2D eigenvalue weighted by molar-refractivity contribution is -0.144. The van der Waals surface area contributed by atoms with Gasteiger partial charge in [-0.25, -0.2) is 19.0 Å². The maximum Gasteiger partial charge on any atom is 0.408 e. The molecule has 0 atom stereocenters. The van der Waals surface area contributed by atoms with Crippen LogP contribution in [0.3, 0.4) is 0 Å². The summed E-state index contributed by atoms with van der Waals surface area (Å²) in [6, 6.07) is 0. The van der Waals surface area contributed by atoms with Crippen molar-refractivity contribution in [2.24, 2.45) is 7.05 Å². The third-order valence-electron chi connectivity index (χ3n) is 1.76. The second-order valence-electron chi connectivity index (χ2n) is 2.82. The van der Waals surface area contributed by atoms with Crippen LogP contribution in [0.2, 0.25) is 0 Å². The Morgan fingerprint density at radius 3 is 2.07 bits per heavy atom. The Morgan fingerprint density at radius 2 is 1.79 bits per heavy atom. The SMILES string of the molecule is Cn1c(=O)[n]([AlH2])c(=O)n1CC(F)(F)F. The average Bonchev–Trinajstić information content (AvgIpc) is 2.20. The van der Waals surface area contributed by atoms with E-state index in [9.17, 15) is 22.8 Å². The Kier molecular flexibility index (Phi) is 2.65. The predicted molar refractivity (Wildman–Crippen MR) is 43.9 cm³/mol. The highest BCUT2D eigenvalue weighted by Gasteiger charge is 2.30. The second kappa shape index (κ2) is 3.33. The summed E-state index contributed by atoms with van der Waals surface area (Å²) >= 11 is 0.0719. The van der Waals surface area contributed by atoms with Crippen molar-refractivity contribution in [1.29, 1.82) is 0 Å². The number of nitrogens with zero attached hydrogens (tertiary/aromatic N) is 3. The summed E-state index contributed by atoms with van der Waals surface area (Å²) in [5, 5.41) is 0. The zero-order chi connectivity index (χ0) is 11.1. The van der Waals surface area contributed by atoms with Gasteiger partial charge in [0, 0.05) is 7.05 Å². The molecule has 0 N–H and O–H groups in total. The molecule has 0 fully saturated rings. The first-order valence-corrected chi connectivity index (χ1v) is 4.53. The lowest BCUT2D eigenvalue weighted by Gasteiger charge is -2.07. The quantitative estimate of drug-likeness (QED) is 0.535. The molecule has 0 aliphatic rings. The third-order valence-corrected chi connectivity index (χ3v) is 2.53. The lowest BCUT2D eigenvalue weighted by Crippen LogP contribution is -2.32. The van der Waals surface area contributed by atoms with Gasteiger partial charge in [-0.05, 0) is 0 Å². The van der Waals surface area contributed by atoms with E-state index < -0.39 is 24.1 Å². The molecule has 0 aromatic carbocycles. The minimum atomic E-state index is -4.50. The lowest BCUT2D eigenvalue weighted by atomic mass is 10.6. The van der Waals surface area contributed by atoms with Gasteiger partial charge in [0.25, 0.3) is 0 Å². The summed E-state index contributed by atoms with van der Waals surface area (Å²) in [5.74, 6) is 0. The van der Waals surface area contributed by atoms with Gasteiger partial charge in [0.1, 0.15) is 6.54 Å². The first-order chi connectivity index (χ1) is 6.24. The average molecular weight is 225 g/mol. The van der Waals surface area contributed by atoms with Crippen molar-refractivity contribution in [2.45, 2.75) is 12.7 Å². The van der Waals surface area contributed by atoms with Crippen molar-refractivity contribution in [2.75, 3.05) is 0 Å². The monoisotopic (exact) mass is 225 g/mol. The van der Waals surface area contributed by atoms with Crippen molar-refractivity contribution in [1.82, 2.24) is 12.9 Å². The fourth-order valence-electron chi connectivity index (χ4n) is 1.05. The number of hydrogen-bond donors (Lipinski definition) is 0. The fraction of sp³-hybridized carbons (Fsp3) is 0.600. The first-order valence-electron chi connectivity index (χ1n) is 3.63. The van der Waals surface area contributed by atoms with E-state index in [1.807, 2.05) is 0 Å². The summed E-state index contributed by atoms with van der Waals surface area (Å²) in [4.78, 5) is 22.2. The van der Waals surface area contributed by atoms with Crippen LogP contribution in [0.25, 0.3) is 0 Å². The zero-order valence-electron chi connectivity index (χ0n) is 7.50. The topological polar surface area (TPSA) is 48.9 Å². The van der Waals surface area contributed by atoms with Gasteiger partial charge >= 0.3 is 34.1 Å². The van der Waals surface area contributed by atoms with Crippen LogP contribution >= 0.6 is 0 Å². The normalized spacial score (nSPS) is 12.0.